The van der Waals surface area contributed by atoms with E-state index in [2.05, 4.69) is 4.73 Å². The second kappa shape index (κ2) is 13.5. The zero-order valence-electron chi connectivity index (χ0n) is 15.3. The SMILES string of the molecule is CC.COc1ccc(CCC(=O)OC(C)(C)C)c(CN)c1.[CH2]=[Ta]. The first-order chi connectivity index (χ1) is 10.9. The van der Waals surface area contributed by atoms with E-state index in [1.165, 1.54) is 20.6 Å². The van der Waals surface area contributed by atoms with Crippen molar-refractivity contribution in [2.24, 2.45) is 5.73 Å². The topological polar surface area (TPSA) is 61.5 Å². The Kier molecular flexibility index (Phi) is 14.3. The summed E-state index contributed by atoms with van der Waals surface area (Å²) in [6.07, 6.45) is 0.988. The molecule has 5 heteroatoms. The zero-order valence-corrected chi connectivity index (χ0v) is 18.5. The van der Waals surface area contributed by atoms with Crippen LogP contribution in [-0.4, -0.2) is 23.4 Å². The molecule has 0 radical (unpaired) electrons. The summed E-state index contributed by atoms with van der Waals surface area (Å²) < 4.78 is 13.8. The minimum atomic E-state index is -0.437. The molecular formula is C18H31NO3Ta. The molecule has 0 spiro atoms. The molecule has 0 heterocycles. The van der Waals surface area contributed by atoms with Gasteiger partial charge in [0.05, 0.1) is 7.11 Å². The van der Waals surface area contributed by atoms with Crippen LogP contribution in [-0.2, 0) is 43.1 Å². The number of hydrogen-bond acceptors (Lipinski definition) is 4. The summed E-state index contributed by atoms with van der Waals surface area (Å²) in [4.78, 5) is 11.7. The van der Waals surface area contributed by atoms with Gasteiger partial charge in [0, 0.05) is 13.0 Å². The summed E-state index contributed by atoms with van der Waals surface area (Å²) in [6, 6.07) is 5.74. The van der Waals surface area contributed by atoms with Crippen molar-refractivity contribution in [3.8, 4) is 5.75 Å². The Bertz CT molecular complexity index is 456. The number of nitrogens with two attached hydrogens (primary N) is 1. The number of esters is 1. The molecule has 0 saturated carbocycles. The van der Waals surface area contributed by atoms with E-state index in [1.54, 1.807) is 7.11 Å². The first-order valence-electron chi connectivity index (χ1n) is 7.75. The van der Waals surface area contributed by atoms with Crippen molar-refractivity contribution in [1.29, 1.82) is 0 Å². The van der Waals surface area contributed by atoms with Crippen LogP contribution in [0.4, 0.5) is 0 Å². The molecule has 0 aliphatic rings. The van der Waals surface area contributed by atoms with Crippen LogP contribution >= 0.6 is 0 Å². The Hall–Kier alpha value is -0.940. The number of aryl methyl sites for hydroxylation is 1. The van der Waals surface area contributed by atoms with Gasteiger partial charge < -0.3 is 15.2 Å². The van der Waals surface area contributed by atoms with Gasteiger partial charge in [-0.2, -0.15) is 0 Å². The third-order valence-electron chi connectivity index (χ3n) is 2.65. The van der Waals surface area contributed by atoms with E-state index in [1.807, 2.05) is 52.8 Å². The molecule has 4 nitrogen and oxygen atoms in total. The summed E-state index contributed by atoms with van der Waals surface area (Å²) in [6.45, 7) is 10.0. The molecule has 0 aliphatic carbocycles. The maximum atomic E-state index is 11.7. The number of ether oxygens (including phenoxy) is 2. The van der Waals surface area contributed by atoms with E-state index in [9.17, 15) is 4.79 Å². The molecule has 131 valence electrons. The molecule has 1 rings (SSSR count). The predicted octanol–water partition coefficient (Wildman–Crippen LogP) is 3.42. The fraction of sp³-hybridized carbons (Fsp3) is 0.556. The number of carbonyl (C=O) groups excluding carboxylic acids is 1. The number of carbonyl (C=O) groups is 1. The van der Waals surface area contributed by atoms with Gasteiger partial charge in [0.15, 0.2) is 0 Å². The maximum absolute atomic E-state index is 11.7. The zero-order chi connectivity index (χ0) is 18.5. The van der Waals surface area contributed by atoms with Crippen LogP contribution in [0.2, 0.25) is 0 Å². The fourth-order valence-corrected chi connectivity index (χ4v) is 1.79. The van der Waals surface area contributed by atoms with Crippen molar-refractivity contribution in [2.45, 2.75) is 59.6 Å². The van der Waals surface area contributed by atoms with E-state index >= 15 is 0 Å². The third kappa shape index (κ3) is 11.3. The molecule has 0 aromatic heterocycles. The van der Waals surface area contributed by atoms with Gasteiger partial charge in [-0.25, -0.2) is 0 Å². The molecule has 2 N–H and O–H groups in total. The molecule has 0 fully saturated rings. The summed E-state index contributed by atoms with van der Waals surface area (Å²) >= 11 is 1.19. The predicted molar refractivity (Wildman–Crippen MR) is 93.5 cm³/mol. The van der Waals surface area contributed by atoms with Crippen molar-refractivity contribution in [2.75, 3.05) is 7.11 Å². The Morgan fingerprint density at radius 2 is 1.78 bits per heavy atom. The summed E-state index contributed by atoms with van der Waals surface area (Å²) in [5.74, 6) is 0.591. The first-order valence-corrected chi connectivity index (χ1v) is 10.0. The second-order valence-corrected chi connectivity index (χ2v) is 5.43. The van der Waals surface area contributed by atoms with E-state index in [0.717, 1.165) is 16.9 Å². The summed E-state index contributed by atoms with van der Waals surface area (Å²) in [7, 11) is 1.62. The molecule has 1 aromatic rings. The molecule has 0 unspecified atom stereocenters. The van der Waals surface area contributed by atoms with Gasteiger partial charge in [-0.05, 0) is 50.5 Å². The number of hydrogen-bond donors (Lipinski definition) is 1. The van der Waals surface area contributed by atoms with Crippen LogP contribution in [0.15, 0.2) is 18.2 Å². The van der Waals surface area contributed by atoms with Gasteiger partial charge in [0.25, 0.3) is 0 Å². The molecule has 0 aliphatic heterocycles. The summed E-state index contributed by atoms with van der Waals surface area (Å²) in [5, 5.41) is 0. The number of rotatable bonds is 5. The van der Waals surface area contributed by atoms with Crippen molar-refractivity contribution in [3.05, 3.63) is 29.3 Å². The molecule has 0 saturated heterocycles. The Balaban J connectivity index is 0. The van der Waals surface area contributed by atoms with Gasteiger partial charge in [-0.15, -0.1) is 0 Å². The van der Waals surface area contributed by atoms with Crippen molar-refractivity contribution in [1.82, 2.24) is 0 Å². The number of methoxy groups -OCH3 is 1. The van der Waals surface area contributed by atoms with Gasteiger partial charge in [0.2, 0.25) is 0 Å². The number of benzene rings is 1. The van der Waals surface area contributed by atoms with E-state index in [4.69, 9.17) is 15.2 Å². The van der Waals surface area contributed by atoms with Gasteiger partial charge in [0.1, 0.15) is 11.4 Å². The normalized spacial score (nSPS) is 9.65. The Labute approximate surface area is 153 Å². The van der Waals surface area contributed by atoms with Crippen LogP contribution in [0.5, 0.6) is 5.75 Å². The summed E-state index contributed by atoms with van der Waals surface area (Å²) in [5.41, 5.74) is 7.34. The van der Waals surface area contributed by atoms with Crippen LogP contribution in [0, 0.1) is 0 Å². The fourth-order valence-electron chi connectivity index (χ4n) is 1.79. The van der Waals surface area contributed by atoms with Crippen molar-refractivity contribution in [3.63, 3.8) is 0 Å². The van der Waals surface area contributed by atoms with E-state index in [-0.39, 0.29) is 5.97 Å². The quantitative estimate of drug-likeness (QED) is 0.643. The van der Waals surface area contributed by atoms with E-state index in [0.29, 0.717) is 19.4 Å². The van der Waals surface area contributed by atoms with Crippen LogP contribution in [0.3, 0.4) is 0 Å². The second-order valence-electron chi connectivity index (χ2n) is 5.43. The minimum absolute atomic E-state index is 0.189. The molecule has 23 heavy (non-hydrogen) atoms. The van der Waals surface area contributed by atoms with Crippen molar-refractivity contribution < 1.29 is 34.9 Å². The first kappa shape index (κ1) is 24.3. The molecular weight excluding hydrogens is 459 g/mol. The Morgan fingerprint density at radius 3 is 2.22 bits per heavy atom. The standard InChI is InChI=1S/C15H23NO3.C2H6.CH2.Ta/c1-15(2,3)19-14(17)8-6-11-5-7-13(18-4)9-12(11)10-16;1-2;;/h5,7,9H,6,8,10,16H2,1-4H3;1-2H3;1H2;. The molecule has 0 atom stereocenters. The molecule has 1 aromatic carbocycles. The van der Waals surface area contributed by atoms with Crippen LogP contribution in [0.1, 0.15) is 52.2 Å². The molecule has 0 amide bonds. The van der Waals surface area contributed by atoms with Crippen molar-refractivity contribution >= 4 is 10.7 Å². The van der Waals surface area contributed by atoms with Crippen LogP contribution in [0.25, 0.3) is 0 Å². The average molecular weight is 490 g/mol. The van der Waals surface area contributed by atoms with Gasteiger partial charge >= 0.3 is 31.3 Å². The monoisotopic (exact) mass is 490 g/mol. The average Bonchev–Trinajstić information content (AvgIpc) is 2.55. The van der Waals surface area contributed by atoms with Crippen LogP contribution < -0.4 is 10.5 Å². The Morgan fingerprint density at radius 1 is 1.22 bits per heavy atom. The van der Waals surface area contributed by atoms with E-state index < -0.39 is 5.60 Å². The van der Waals surface area contributed by atoms with Gasteiger partial charge in [-0.3, -0.25) is 4.79 Å². The van der Waals surface area contributed by atoms with Gasteiger partial charge in [-0.1, -0.05) is 19.9 Å². The third-order valence-corrected chi connectivity index (χ3v) is 2.65. The molecule has 0 bridgehead atoms.